The van der Waals surface area contributed by atoms with E-state index < -0.39 is 0 Å². The van der Waals surface area contributed by atoms with Gasteiger partial charge in [-0.05, 0) is 30.2 Å². The molecule has 2 N–H and O–H groups in total. The molecule has 6 heteroatoms. The third-order valence-corrected chi connectivity index (χ3v) is 3.64. The Hall–Kier alpha value is -0.970. The van der Waals surface area contributed by atoms with Crippen molar-refractivity contribution >= 4 is 29.1 Å². The molecule has 1 rings (SSSR count). The molecule has 118 valence electrons. The number of rotatable bonds is 7. The number of halogens is 2. The summed E-state index contributed by atoms with van der Waals surface area (Å²) < 4.78 is 5.51. The van der Waals surface area contributed by atoms with E-state index in [2.05, 4.69) is 0 Å². The Balaban J connectivity index is 2.43. The van der Waals surface area contributed by atoms with Gasteiger partial charge in [-0.1, -0.05) is 37.0 Å². The number of amides is 1. The molecule has 0 bridgehead atoms. The number of benzene rings is 1. The zero-order valence-electron chi connectivity index (χ0n) is 12.7. The van der Waals surface area contributed by atoms with Gasteiger partial charge in [0.25, 0.3) is 0 Å². The van der Waals surface area contributed by atoms with Crippen LogP contribution in [0.2, 0.25) is 10.0 Å². The van der Waals surface area contributed by atoms with Crippen LogP contribution in [0.15, 0.2) is 18.2 Å². The summed E-state index contributed by atoms with van der Waals surface area (Å²) in [5, 5.41) is 0.986. The highest BCUT2D eigenvalue weighted by molar-refractivity contribution is 6.35. The first-order chi connectivity index (χ1) is 9.75. The number of carbonyl (C=O) groups excluding carboxylic acids is 1. The highest BCUT2D eigenvalue weighted by Gasteiger charge is 2.21. The van der Waals surface area contributed by atoms with Crippen LogP contribution in [0.1, 0.15) is 20.3 Å². The quantitative estimate of drug-likeness (QED) is 0.834. The SMILES string of the molecule is CN(CC(C)(C)CN)C(=O)CCOc1ccc(Cl)cc1Cl. The van der Waals surface area contributed by atoms with Gasteiger partial charge in [-0.15, -0.1) is 0 Å². The lowest BCUT2D eigenvalue weighted by atomic mass is 9.93. The van der Waals surface area contributed by atoms with Crippen molar-refractivity contribution in [1.82, 2.24) is 4.90 Å². The molecule has 0 aromatic heterocycles. The Morgan fingerprint density at radius 1 is 1.38 bits per heavy atom. The Morgan fingerprint density at radius 3 is 2.62 bits per heavy atom. The normalized spacial score (nSPS) is 11.3. The zero-order chi connectivity index (χ0) is 16.0. The second-order valence-electron chi connectivity index (χ2n) is 5.79. The van der Waals surface area contributed by atoms with Crippen LogP contribution in [-0.2, 0) is 4.79 Å². The minimum Gasteiger partial charge on any atom is -0.491 e. The fraction of sp³-hybridized carbons (Fsp3) is 0.533. The molecule has 0 saturated carbocycles. The van der Waals surface area contributed by atoms with Gasteiger partial charge < -0.3 is 15.4 Å². The van der Waals surface area contributed by atoms with Crippen molar-refractivity contribution in [3.63, 3.8) is 0 Å². The van der Waals surface area contributed by atoms with Gasteiger partial charge in [-0.2, -0.15) is 0 Å². The molecule has 0 radical (unpaired) electrons. The summed E-state index contributed by atoms with van der Waals surface area (Å²) in [5.74, 6) is 0.542. The van der Waals surface area contributed by atoms with E-state index in [9.17, 15) is 4.79 Å². The summed E-state index contributed by atoms with van der Waals surface area (Å²) >= 11 is 11.8. The van der Waals surface area contributed by atoms with Crippen LogP contribution in [0.5, 0.6) is 5.75 Å². The van der Waals surface area contributed by atoms with E-state index in [1.54, 1.807) is 30.1 Å². The fourth-order valence-corrected chi connectivity index (χ4v) is 2.29. The van der Waals surface area contributed by atoms with Crippen LogP contribution in [0.25, 0.3) is 0 Å². The topological polar surface area (TPSA) is 55.6 Å². The van der Waals surface area contributed by atoms with Crippen LogP contribution in [-0.4, -0.2) is 37.6 Å². The molecule has 0 aliphatic carbocycles. The maximum absolute atomic E-state index is 12.0. The first kappa shape index (κ1) is 18.1. The van der Waals surface area contributed by atoms with Gasteiger partial charge in [0.2, 0.25) is 5.91 Å². The maximum atomic E-state index is 12.0. The molecule has 0 fully saturated rings. The highest BCUT2D eigenvalue weighted by atomic mass is 35.5. The molecule has 4 nitrogen and oxygen atoms in total. The van der Waals surface area contributed by atoms with Crippen LogP contribution in [0.4, 0.5) is 0 Å². The monoisotopic (exact) mass is 332 g/mol. The van der Waals surface area contributed by atoms with E-state index in [0.717, 1.165) is 0 Å². The van der Waals surface area contributed by atoms with Crippen molar-refractivity contribution < 1.29 is 9.53 Å². The van der Waals surface area contributed by atoms with Crippen molar-refractivity contribution in [2.45, 2.75) is 20.3 Å². The van der Waals surface area contributed by atoms with Crippen LogP contribution >= 0.6 is 23.2 Å². The molecule has 0 atom stereocenters. The lowest BCUT2D eigenvalue weighted by Crippen LogP contribution is -2.40. The second kappa shape index (κ2) is 7.87. The molecule has 1 aromatic carbocycles. The summed E-state index contributed by atoms with van der Waals surface area (Å²) in [6, 6.07) is 4.99. The molecule has 0 aliphatic heterocycles. The molecule has 0 spiro atoms. The highest BCUT2D eigenvalue weighted by Crippen LogP contribution is 2.27. The smallest absolute Gasteiger partial charge is 0.225 e. The van der Waals surface area contributed by atoms with E-state index in [1.807, 2.05) is 13.8 Å². The minimum atomic E-state index is -0.0925. The number of ether oxygens (including phenoxy) is 1. The first-order valence-electron chi connectivity index (χ1n) is 6.77. The van der Waals surface area contributed by atoms with Crippen molar-refractivity contribution in [1.29, 1.82) is 0 Å². The Bertz CT molecular complexity index is 493. The van der Waals surface area contributed by atoms with Gasteiger partial charge in [0.15, 0.2) is 0 Å². The first-order valence-corrected chi connectivity index (χ1v) is 7.52. The van der Waals surface area contributed by atoms with Crippen molar-refractivity contribution in [3.05, 3.63) is 28.2 Å². The van der Waals surface area contributed by atoms with Crippen LogP contribution < -0.4 is 10.5 Å². The van der Waals surface area contributed by atoms with Crippen LogP contribution in [0.3, 0.4) is 0 Å². The molecule has 1 aromatic rings. The molecule has 0 saturated heterocycles. The summed E-state index contributed by atoms with van der Waals surface area (Å²) in [7, 11) is 1.77. The number of hydrogen-bond acceptors (Lipinski definition) is 3. The number of carbonyl (C=O) groups is 1. The largest absolute Gasteiger partial charge is 0.491 e. The van der Waals surface area contributed by atoms with E-state index in [0.29, 0.717) is 28.9 Å². The van der Waals surface area contributed by atoms with E-state index in [-0.39, 0.29) is 24.3 Å². The second-order valence-corrected chi connectivity index (χ2v) is 6.63. The number of nitrogens with zero attached hydrogens (tertiary/aromatic N) is 1. The van der Waals surface area contributed by atoms with E-state index >= 15 is 0 Å². The van der Waals surface area contributed by atoms with Gasteiger partial charge in [-0.3, -0.25) is 4.79 Å². The summed E-state index contributed by atoms with van der Waals surface area (Å²) in [4.78, 5) is 13.7. The molecule has 0 unspecified atom stereocenters. The standard InChI is InChI=1S/C15H22Cl2N2O2/c1-15(2,9-18)10-19(3)14(20)6-7-21-13-5-4-11(16)8-12(13)17/h4-5,8H,6-7,9-10,18H2,1-3H3. The van der Waals surface area contributed by atoms with E-state index in [4.69, 9.17) is 33.7 Å². The lowest BCUT2D eigenvalue weighted by Gasteiger charge is -2.29. The van der Waals surface area contributed by atoms with Crippen LogP contribution in [0, 0.1) is 5.41 Å². The van der Waals surface area contributed by atoms with Gasteiger partial charge in [0.1, 0.15) is 5.75 Å². The average Bonchev–Trinajstić information content (AvgIpc) is 2.40. The van der Waals surface area contributed by atoms with E-state index in [1.165, 1.54) is 0 Å². The Kier molecular flexibility index (Phi) is 6.78. The fourth-order valence-electron chi connectivity index (χ4n) is 1.83. The predicted molar refractivity (Wildman–Crippen MR) is 87.0 cm³/mol. The van der Waals surface area contributed by atoms with Crippen molar-refractivity contribution in [2.75, 3.05) is 26.7 Å². The Labute approximate surface area is 136 Å². The minimum absolute atomic E-state index is 0.0154. The van der Waals surface area contributed by atoms with Gasteiger partial charge in [-0.25, -0.2) is 0 Å². The summed E-state index contributed by atoms with van der Waals surface area (Å²) in [6.45, 7) is 5.47. The summed E-state index contributed by atoms with van der Waals surface area (Å²) in [6.07, 6.45) is 0.288. The number of hydrogen-bond donors (Lipinski definition) is 1. The lowest BCUT2D eigenvalue weighted by molar-refractivity contribution is -0.131. The molecular formula is C15H22Cl2N2O2. The molecular weight excluding hydrogens is 311 g/mol. The maximum Gasteiger partial charge on any atom is 0.225 e. The van der Waals surface area contributed by atoms with Gasteiger partial charge in [0.05, 0.1) is 18.1 Å². The zero-order valence-corrected chi connectivity index (χ0v) is 14.2. The third kappa shape index (κ3) is 6.12. The number of nitrogens with two attached hydrogens (primary N) is 1. The molecule has 0 heterocycles. The average molecular weight is 333 g/mol. The molecule has 21 heavy (non-hydrogen) atoms. The van der Waals surface area contributed by atoms with Crippen molar-refractivity contribution in [3.8, 4) is 5.75 Å². The third-order valence-electron chi connectivity index (χ3n) is 3.11. The van der Waals surface area contributed by atoms with Crippen molar-refractivity contribution in [2.24, 2.45) is 11.1 Å². The molecule has 1 amide bonds. The Morgan fingerprint density at radius 2 is 2.05 bits per heavy atom. The van der Waals surface area contributed by atoms with Gasteiger partial charge in [0, 0.05) is 18.6 Å². The molecule has 0 aliphatic rings. The summed E-state index contributed by atoms with van der Waals surface area (Å²) in [5.41, 5.74) is 5.58. The van der Waals surface area contributed by atoms with Gasteiger partial charge >= 0.3 is 0 Å². The predicted octanol–water partition coefficient (Wildman–Crippen LogP) is 3.21.